The SMILES string of the molecule is CCCCC/C=C/C/C=C/CCCCCCCCCC(=O)O[C@H](COC(=O)CCC/C=C/C/C=C/C/C=C/C/C=C/CCCCCCCCC)COP(=O)(O)O. The van der Waals surface area contributed by atoms with Crippen LogP contribution >= 0.6 is 7.82 Å². The maximum atomic E-state index is 12.4. The summed E-state index contributed by atoms with van der Waals surface area (Å²) in [6, 6.07) is 0. The molecular formula is C47H81O8P. The summed E-state index contributed by atoms with van der Waals surface area (Å²) in [7, 11) is -4.77. The number of unbranched alkanes of at least 4 members (excludes halogenated alkanes) is 18. The van der Waals surface area contributed by atoms with Crippen molar-refractivity contribution in [3.05, 3.63) is 72.9 Å². The van der Waals surface area contributed by atoms with Crippen molar-refractivity contribution in [2.24, 2.45) is 0 Å². The van der Waals surface area contributed by atoms with Crippen molar-refractivity contribution in [3.63, 3.8) is 0 Å². The molecule has 0 fully saturated rings. The van der Waals surface area contributed by atoms with E-state index in [4.69, 9.17) is 19.3 Å². The van der Waals surface area contributed by atoms with Crippen LogP contribution in [-0.2, 0) is 28.2 Å². The molecule has 0 aliphatic rings. The molecule has 0 aliphatic heterocycles. The van der Waals surface area contributed by atoms with Crippen molar-refractivity contribution in [3.8, 4) is 0 Å². The minimum atomic E-state index is -4.77. The second-order valence-electron chi connectivity index (χ2n) is 14.7. The molecule has 2 N–H and O–H groups in total. The Balaban J connectivity index is 4.02. The Labute approximate surface area is 342 Å². The van der Waals surface area contributed by atoms with Crippen molar-refractivity contribution >= 4 is 19.8 Å². The number of allylic oxidation sites excluding steroid dienone is 12. The third-order valence-corrected chi connectivity index (χ3v) is 9.68. The first-order valence-electron chi connectivity index (χ1n) is 22.2. The van der Waals surface area contributed by atoms with Gasteiger partial charge in [0.1, 0.15) is 6.61 Å². The van der Waals surface area contributed by atoms with Crippen molar-refractivity contribution in [1.82, 2.24) is 0 Å². The zero-order valence-corrected chi connectivity index (χ0v) is 36.4. The van der Waals surface area contributed by atoms with Crippen LogP contribution in [0.2, 0.25) is 0 Å². The highest BCUT2D eigenvalue weighted by Gasteiger charge is 2.22. The highest BCUT2D eigenvalue weighted by atomic mass is 31.2. The summed E-state index contributed by atoms with van der Waals surface area (Å²) >= 11 is 0. The molecule has 0 aliphatic carbocycles. The summed E-state index contributed by atoms with van der Waals surface area (Å²) < 4.78 is 26.4. The van der Waals surface area contributed by atoms with E-state index >= 15 is 0 Å². The van der Waals surface area contributed by atoms with E-state index < -0.39 is 32.5 Å². The van der Waals surface area contributed by atoms with E-state index in [9.17, 15) is 14.2 Å². The quantitative estimate of drug-likeness (QED) is 0.0272. The topological polar surface area (TPSA) is 119 Å². The molecule has 0 rings (SSSR count). The second-order valence-corrected chi connectivity index (χ2v) is 15.9. The average Bonchev–Trinajstić information content (AvgIpc) is 3.17. The Morgan fingerprint density at radius 2 is 0.821 bits per heavy atom. The molecule has 322 valence electrons. The zero-order chi connectivity index (χ0) is 41.1. The van der Waals surface area contributed by atoms with Crippen molar-refractivity contribution in [2.75, 3.05) is 13.2 Å². The predicted molar refractivity (Wildman–Crippen MR) is 234 cm³/mol. The van der Waals surface area contributed by atoms with Crippen molar-refractivity contribution < 1.29 is 37.9 Å². The third kappa shape index (κ3) is 44.2. The first-order valence-corrected chi connectivity index (χ1v) is 23.8. The Morgan fingerprint density at radius 3 is 1.29 bits per heavy atom. The average molecular weight is 805 g/mol. The molecule has 0 aromatic rings. The summed E-state index contributed by atoms with van der Waals surface area (Å²) in [6.07, 6.45) is 54.9. The van der Waals surface area contributed by atoms with Crippen LogP contribution in [0.15, 0.2) is 72.9 Å². The summed E-state index contributed by atoms with van der Waals surface area (Å²) in [4.78, 5) is 42.9. The van der Waals surface area contributed by atoms with Crippen LogP contribution < -0.4 is 0 Å². The highest BCUT2D eigenvalue weighted by Crippen LogP contribution is 2.36. The molecule has 0 bridgehead atoms. The lowest BCUT2D eigenvalue weighted by Crippen LogP contribution is -2.29. The largest absolute Gasteiger partial charge is 0.469 e. The van der Waals surface area contributed by atoms with Gasteiger partial charge in [0, 0.05) is 12.8 Å². The number of esters is 2. The van der Waals surface area contributed by atoms with E-state index in [0.717, 1.165) is 57.8 Å². The molecule has 0 heterocycles. The second kappa shape index (κ2) is 42.1. The predicted octanol–water partition coefficient (Wildman–Crippen LogP) is 13.9. The van der Waals surface area contributed by atoms with E-state index in [1.54, 1.807) is 0 Å². The van der Waals surface area contributed by atoms with Crippen LogP contribution in [0.3, 0.4) is 0 Å². The van der Waals surface area contributed by atoms with E-state index in [-0.39, 0.29) is 19.4 Å². The van der Waals surface area contributed by atoms with Crippen LogP contribution in [0, 0.1) is 0 Å². The summed E-state index contributed by atoms with van der Waals surface area (Å²) in [5.41, 5.74) is 0. The van der Waals surface area contributed by atoms with E-state index in [0.29, 0.717) is 12.8 Å². The van der Waals surface area contributed by atoms with Gasteiger partial charge in [-0.05, 0) is 83.5 Å². The van der Waals surface area contributed by atoms with Gasteiger partial charge in [-0.25, -0.2) is 4.57 Å². The van der Waals surface area contributed by atoms with Gasteiger partial charge in [0.15, 0.2) is 6.10 Å². The van der Waals surface area contributed by atoms with Gasteiger partial charge in [-0.3, -0.25) is 14.1 Å². The summed E-state index contributed by atoms with van der Waals surface area (Å²) in [5, 5.41) is 0. The number of phosphoric acid groups is 1. The minimum Gasteiger partial charge on any atom is -0.462 e. The molecule has 0 saturated heterocycles. The van der Waals surface area contributed by atoms with Gasteiger partial charge >= 0.3 is 19.8 Å². The minimum absolute atomic E-state index is 0.187. The molecule has 0 aromatic carbocycles. The van der Waals surface area contributed by atoms with Gasteiger partial charge in [-0.2, -0.15) is 0 Å². The van der Waals surface area contributed by atoms with E-state index in [1.807, 2.05) is 6.08 Å². The Morgan fingerprint density at radius 1 is 0.464 bits per heavy atom. The van der Waals surface area contributed by atoms with Crippen LogP contribution in [0.4, 0.5) is 0 Å². The van der Waals surface area contributed by atoms with E-state index in [2.05, 4.69) is 85.2 Å². The van der Waals surface area contributed by atoms with Crippen LogP contribution in [-0.4, -0.2) is 41.0 Å². The smallest absolute Gasteiger partial charge is 0.462 e. The molecular weight excluding hydrogens is 723 g/mol. The molecule has 0 aromatic heterocycles. The number of rotatable bonds is 40. The van der Waals surface area contributed by atoms with Crippen molar-refractivity contribution in [1.29, 1.82) is 0 Å². The van der Waals surface area contributed by atoms with Gasteiger partial charge in [-0.1, -0.05) is 170 Å². The number of hydrogen-bond donors (Lipinski definition) is 2. The maximum absolute atomic E-state index is 12.4. The molecule has 0 unspecified atom stereocenters. The Hall–Kier alpha value is -2.51. The third-order valence-electron chi connectivity index (χ3n) is 9.20. The fourth-order valence-electron chi connectivity index (χ4n) is 5.87. The standard InChI is InChI=1S/C47H81O8P/c1-3-5-7-9-11-13-15-17-19-21-22-23-24-26-27-29-31-33-35-37-39-41-46(48)53-43-45(44-54-56(50,51)52)55-47(49)42-40-38-36-34-32-30-28-25-20-18-16-14-12-10-8-6-4-2/h12,14,18-21,23-24,27,29,33,35,45H,3-11,13,15-17,22,25-26,28,30-32,34,36-44H2,1-2H3,(H2,50,51,52)/b14-12+,20-18+,21-19+,24-23+,29-27+,35-33+/t45-/m1/s1. The Bertz CT molecular complexity index is 1130. The maximum Gasteiger partial charge on any atom is 0.469 e. The zero-order valence-electron chi connectivity index (χ0n) is 35.5. The van der Waals surface area contributed by atoms with Gasteiger partial charge < -0.3 is 19.3 Å². The molecule has 0 spiro atoms. The van der Waals surface area contributed by atoms with Crippen LogP contribution in [0.25, 0.3) is 0 Å². The molecule has 0 saturated carbocycles. The lowest BCUT2D eigenvalue weighted by molar-refractivity contribution is -0.161. The lowest BCUT2D eigenvalue weighted by Gasteiger charge is -2.18. The first kappa shape index (κ1) is 53.5. The van der Waals surface area contributed by atoms with Crippen molar-refractivity contribution in [2.45, 2.75) is 200 Å². The first-order chi connectivity index (χ1) is 27.3. The summed E-state index contributed by atoms with van der Waals surface area (Å²) in [6.45, 7) is 3.61. The highest BCUT2D eigenvalue weighted by molar-refractivity contribution is 7.46. The normalized spacial score (nSPS) is 13.1. The monoisotopic (exact) mass is 805 g/mol. The van der Waals surface area contributed by atoms with Gasteiger partial charge in [-0.15, -0.1) is 0 Å². The van der Waals surface area contributed by atoms with Crippen LogP contribution in [0.5, 0.6) is 0 Å². The number of hydrogen-bond acceptors (Lipinski definition) is 6. The van der Waals surface area contributed by atoms with Gasteiger partial charge in [0.25, 0.3) is 0 Å². The fraction of sp³-hybridized carbons (Fsp3) is 0.702. The molecule has 8 nitrogen and oxygen atoms in total. The fourth-order valence-corrected chi connectivity index (χ4v) is 6.23. The Kier molecular flexibility index (Phi) is 40.2. The molecule has 1 atom stereocenters. The number of carbonyl (C=O) groups is 2. The van der Waals surface area contributed by atoms with E-state index in [1.165, 1.54) is 96.3 Å². The molecule has 56 heavy (non-hydrogen) atoms. The number of ether oxygens (including phenoxy) is 2. The lowest BCUT2D eigenvalue weighted by atomic mass is 10.1. The van der Waals surface area contributed by atoms with Gasteiger partial charge in [0.2, 0.25) is 0 Å². The molecule has 9 heteroatoms. The summed E-state index contributed by atoms with van der Waals surface area (Å²) in [5.74, 6) is -0.962. The number of phosphoric ester groups is 1. The van der Waals surface area contributed by atoms with Crippen LogP contribution in [0.1, 0.15) is 194 Å². The molecule has 0 radical (unpaired) electrons. The van der Waals surface area contributed by atoms with Gasteiger partial charge in [0.05, 0.1) is 6.61 Å². The molecule has 0 amide bonds. The number of carbonyl (C=O) groups excluding carboxylic acids is 2.